The Balaban J connectivity index is 2.20. The first-order valence-corrected chi connectivity index (χ1v) is 9.02. The van der Waals surface area contributed by atoms with Crippen molar-refractivity contribution in [3.8, 4) is 0 Å². The van der Waals surface area contributed by atoms with E-state index in [0.717, 1.165) is 30.0 Å². The molecule has 23 heavy (non-hydrogen) atoms. The zero-order chi connectivity index (χ0) is 17.2. The van der Waals surface area contributed by atoms with E-state index in [-0.39, 0.29) is 23.8 Å². The summed E-state index contributed by atoms with van der Waals surface area (Å²) in [6.45, 7) is 8.88. The van der Waals surface area contributed by atoms with E-state index in [0.29, 0.717) is 17.8 Å². The van der Waals surface area contributed by atoms with Crippen LogP contribution in [0.3, 0.4) is 0 Å². The van der Waals surface area contributed by atoms with E-state index in [2.05, 4.69) is 25.8 Å². The molecule has 1 aromatic heterocycles. The molecule has 2 heterocycles. The number of carbonyl (C=O) groups excluding carboxylic acids is 1. The van der Waals surface area contributed by atoms with Crippen LogP contribution in [-0.2, 0) is 10.2 Å². The third-order valence-electron chi connectivity index (χ3n) is 4.21. The highest BCUT2D eigenvalue weighted by Crippen LogP contribution is 2.31. The number of thiazole rings is 1. The molecule has 2 rings (SSSR count). The molecular weight excluding hydrogens is 312 g/mol. The summed E-state index contributed by atoms with van der Waals surface area (Å²) in [5, 5.41) is 9.88. The van der Waals surface area contributed by atoms with Crippen molar-refractivity contribution in [2.75, 3.05) is 6.54 Å². The van der Waals surface area contributed by atoms with Crippen molar-refractivity contribution in [1.82, 2.24) is 9.88 Å². The number of piperidine rings is 1. The van der Waals surface area contributed by atoms with Gasteiger partial charge in [-0.25, -0.2) is 4.98 Å². The number of aryl methyl sites for hydroxylation is 1. The molecule has 1 fully saturated rings. The van der Waals surface area contributed by atoms with Gasteiger partial charge >= 0.3 is 5.97 Å². The van der Waals surface area contributed by atoms with Crippen molar-refractivity contribution in [1.29, 1.82) is 0 Å². The number of hydrogen-bond acceptors (Lipinski definition) is 4. The standard InChI is InChI=1S/C17H26N2O3S/c1-11-14(23-16(18-11)17(2,3)4)15(22)19-10-6-5-7-12(19)8-9-13(20)21/h12H,5-10H2,1-4H3,(H,20,21). The summed E-state index contributed by atoms with van der Waals surface area (Å²) in [6.07, 6.45) is 3.58. The van der Waals surface area contributed by atoms with Gasteiger partial charge in [-0.05, 0) is 32.6 Å². The zero-order valence-electron chi connectivity index (χ0n) is 14.4. The quantitative estimate of drug-likeness (QED) is 0.910. The highest BCUT2D eigenvalue weighted by molar-refractivity contribution is 7.14. The maximum absolute atomic E-state index is 13.0. The van der Waals surface area contributed by atoms with E-state index in [4.69, 9.17) is 5.11 Å². The summed E-state index contributed by atoms with van der Waals surface area (Å²) >= 11 is 1.48. The molecule has 0 spiro atoms. The predicted octanol–water partition coefficient (Wildman–Crippen LogP) is 3.61. The number of carboxylic acid groups (broad SMARTS) is 1. The molecule has 1 amide bonds. The monoisotopic (exact) mass is 338 g/mol. The van der Waals surface area contributed by atoms with Crippen LogP contribution in [0.1, 0.15) is 73.2 Å². The van der Waals surface area contributed by atoms with Crippen molar-refractivity contribution in [3.05, 3.63) is 15.6 Å². The molecule has 0 aromatic carbocycles. The molecule has 128 valence electrons. The minimum Gasteiger partial charge on any atom is -0.481 e. The van der Waals surface area contributed by atoms with Crippen LogP contribution in [-0.4, -0.2) is 39.5 Å². The van der Waals surface area contributed by atoms with Crippen LogP contribution in [0.25, 0.3) is 0 Å². The molecule has 1 aliphatic heterocycles. The van der Waals surface area contributed by atoms with Gasteiger partial charge in [0, 0.05) is 24.4 Å². The van der Waals surface area contributed by atoms with E-state index in [1.165, 1.54) is 11.3 Å². The molecule has 1 aliphatic rings. The van der Waals surface area contributed by atoms with Gasteiger partial charge in [0.15, 0.2) is 0 Å². The summed E-state index contributed by atoms with van der Waals surface area (Å²) in [7, 11) is 0. The molecule has 1 unspecified atom stereocenters. The SMILES string of the molecule is Cc1nc(C(C)(C)C)sc1C(=O)N1CCCCC1CCC(=O)O. The molecule has 0 radical (unpaired) electrons. The second-order valence-corrected chi connectivity index (χ2v) is 8.26. The first-order chi connectivity index (χ1) is 10.7. The van der Waals surface area contributed by atoms with Gasteiger partial charge in [-0.15, -0.1) is 11.3 Å². The van der Waals surface area contributed by atoms with Crippen LogP contribution >= 0.6 is 11.3 Å². The minimum absolute atomic E-state index is 0.0191. The first-order valence-electron chi connectivity index (χ1n) is 8.21. The maximum Gasteiger partial charge on any atom is 0.303 e. The fraction of sp³-hybridized carbons (Fsp3) is 0.706. The average molecular weight is 338 g/mol. The number of likely N-dealkylation sites (tertiary alicyclic amines) is 1. The molecule has 0 aliphatic carbocycles. The lowest BCUT2D eigenvalue weighted by molar-refractivity contribution is -0.137. The third kappa shape index (κ3) is 4.31. The van der Waals surface area contributed by atoms with Gasteiger partial charge in [-0.2, -0.15) is 0 Å². The number of aromatic nitrogens is 1. The van der Waals surface area contributed by atoms with Crippen LogP contribution < -0.4 is 0 Å². The van der Waals surface area contributed by atoms with E-state index in [1.807, 2.05) is 11.8 Å². The second-order valence-electron chi connectivity index (χ2n) is 7.26. The molecule has 1 saturated heterocycles. The number of nitrogens with zero attached hydrogens (tertiary/aromatic N) is 2. The Morgan fingerprint density at radius 1 is 1.35 bits per heavy atom. The molecule has 1 aromatic rings. The van der Waals surface area contributed by atoms with Crippen molar-refractivity contribution in [2.24, 2.45) is 0 Å². The molecular formula is C17H26N2O3S. The van der Waals surface area contributed by atoms with Crippen LogP contribution in [0, 0.1) is 6.92 Å². The summed E-state index contributed by atoms with van der Waals surface area (Å²) in [4.78, 5) is 31.0. The number of hydrogen-bond donors (Lipinski definition) is 1. The summed E-state index contributed by atoms with van der Waals surface area (Å²) in [5.74, 6) is -0.780. The Bertz CT molecular complexity index is 589. The molecule has 6 heteroatoms. The van der Waals surface area contributed by atoms with Gasteiger partial charge in [0.25, 0.3) is 5.91 Å². The third-order valence-corrected chi connectivity index (χ3v) is 5.78. The van der Waals surface area contributed by atoms with E-state index in [9.17, 15) is 9.59 Å². The smallest absolute Gasteiger partial charge is 0.303 e. The number of rotatable bonds is 4. The van der Waals surface area contributed by atoms with Gasteiger partial charge in [0.2, 0.25) is 0 Å². The molecule has 0 saturated carbocycles. The number of carboxylic acids is 1. The highest BCUT2D eigenvalue weighted by Gasteiger charge is 2.31. The van der Waals surface area contributed by atoms with Gasteiger partial charge in [0.05, 0.1) is 10.7 Å². The van der Waals surface area contributed by atoms with E-state index < -0.39 is 5.97 Å². The fourth-order valence-electron chi connectivity index (χ4n) is 2.90. The van der Waals surface area contributed by atoms with Crippen LogP contribution in [0.4, 0.5) is 0 Å². The lowest BCUT2D eigenvalue weighted by atomic mass is 9.97. The molecule has 1 atom stereocenters. The van der Waals surface area contributed by atoms with E-state index in [1.54, 1.807) is 0 Å². The Hall–Kier alpha value is -1.43. The highest BCUT2D eigenvalue weighted by atomic mass is 32.1. The second kappa shape index (κ2) is 6.99. The van der Waals surface area contributed by atoms with Gasteiger partial charge in [-0.1, -0.05) is 20.8 Å². The number of amides is 1. The largest absolute Gasteiger partial charge is 0.481 e. The van der Waals surface area contributed by atoms with Crippen LogP contribution in [0.5, 0.6) is 0 Å². The average Bonchev–Trinajstić information content (AvgIpc) is 2.87. The van der Waals surface area contributed by atoms with Crippen molar-refractivity contribution >= 4 is 23.2 Å². The molecule has 5 nitrogen and oxygen atoms in total. The Labute approximate surface area is 141 Å². The van der Waals surface area contributed by atoms with Crippen molar-refractivity contribution < 1.29 is 14.7 Å². The lowest BCUT2D eigenvalue weighted by Gasteiger charge is -2.35. The summed E-state index contributed by atoms with van der Waals surface area (Å²) < 4.78 is 0. The lowest BCUT2D eigenvalue weighted by Crippen LogP contribution is -2.43. The normalized spacial score (nSPS) is 19.0. The van der Waals surface area contributed by atoms with E-state index >= 15 is 0 Å². The maximum atomic E-state index is 13.0. The Kier molecular flexibility index (Phi) is 5.45. The van der Waals surface area contributed by atoms with Crippen LogP contribution in [0.2, 0.25) is 0 Å². The van der Waals surface area contributed by atoms with Gasteiger partial charge in [0.1, 0.15) is 4.88 Å². The predicted molar refractivity (Wildman–Crippen MR) is 91.1 cm³/mol. The Morgan fingerprint density at radius 3 is 2.61 bits per heavy atom. The molecule has 0 bridgehead atoms. The summed E-state index contributed by atoms with van der Waals surface area (Å²) in [6, 6.07) is 0.0342. The van der Waals surface area contributed by atoms with Gasteiger partial charge in [-0.3, -0.25) is 9.59 Å². The zero-order valence-corrected chi connectivity index (χ0v) is 15.2. The van der Waals surface area contributed by atoms with Crippen LogP contribution in [0.15, 0.2) is 0 Å². The topological polar surface area (TPSA) is 70.5 Å². The first kappa shape index (κ1) is 17.9. The summed E-state index contributed by atoms with van der Waals surface area (Å²) in [5.41, 5.74) is 0.714. The number of carbonyl (C=O) groups is 2. The number of aliphatic carboxylic acids is 1. The molecule has 1 N–H and O–H groups in total. The fourth-order valence-corrected chi connectivity index (χ4v) is 3.98. The minimum atomic E-state index is -0.799. The van der Waals surface area contributed by atoms with Crippen molar-refractivity contribution in [3.63, 3.8) is 0 Å². The Morgan fingerprint density at radius 2 is 2.04 bits per heavy atom. The van der Waals surface area contributed by atoms with Gasteiger partial charge < -0.3 is 10.0 Å². The van der Waals surface area contributed by atoms with Crippen molar-refractivity contribution in [2.45, 2.75) is 71.3 Å².